The molecule has 0 saturated heterocycles. The molecule has 0 aromatic carbocycles. The largest absolute Gasteiger partial charge is 0.405 e. The van der Waals surface area contributed by atoms with Crippen LogP contribution in [0.4, 0.5) is 0 Å². The van der Waals surface area contributed by atoms with E-state index in [-0.39, 0.29) is 5.92 Å². The van der Waals surface area contributed by atoms with Crippen molar-refractivity contribution in [1.29, 1.82) is 5.41 Å². The SMILES string of the molecule is CCC(C=N)/C(=C\N)CCC(C)C. The summed E-state index contributed by atoms with van der Waals surface area (Å²) in [5, 5.41) is 7.26. The minimum Gasteiger partial charge on any atom is -0.405 e. The van der Waals surface area contributed by atoms with E-state index in [0.29, 0.717) is 5.92 Å². The lowest BCUT2D eigenvalue weighted by Gasteiger charge is -2.14. The molecule has 0 aliphatic heterocycles. The lowest BCUT2D eigenvalue weighted by atomic mass is 9.92. The van der Waals surface area contributed by atoms with Crippen LogP contribution in [0.25, 0.3) is 0 Å². The van der Waals surface area contributed by atoms with Crippen molar-refractivity contribution in [2.45, 2.75) is 40.0 Å². The van der Waals surface area contributed by atoms with Gasteiger partial charge in [0.25, 0.3) is 0 Å². The van der Waals surface area contributed by atoms with Gasteiger partial charge in [0.05, 0.1) is 0 Å². The van der Waals surface area contributed by atoms with Crippen molar-refractivity contribution < 1.29 is 0 Å². The fraction of sp³-hybridized carbons (Fsp3) is 0.727. The molecule has 0 amide bonds. The highest BCUT2D eigenvalue weighted by atomic mass is 14.5. The zero-order valence-electron chi connectivity index (χ0n) is 9.01. The van der Waals surface area contributed by atoms with E-state index in [2.05, 4.69) is 20.8 Å². The van der Waals surface area contributed by atoms with Gasteiger partial charge in [-0.2, -0.15) is 0 Å². The van der Waals surface area contributed by atoms with E-state index in [1.165, 1.54) is 11.8 Å². The topological polar surface area (TPSA) is 49.9 Å². The van der Waals surface area contributed by atoms with Crippen LogP contribution in [0.15, 0.2) is 11.8 Å². The summed E-state index contributed by atoms with van der Waals surface area (Å²) < 4.78 is 0. The maximum absolute atomic E-state index is 7.26. The van der Waals surface area contributed by atoms with E-state index in [0.717, 1.165) is 19.3 Å². The molecule has 2 nitrogen and oxygen atoms in total. The summed E-state index contributed by atoms with van der Waals surface area (Å²) in [4.78, 5) is 0. The molecular formula is C11H22N2. The highest BCUT2D eigenvalue weighted by molar-refractivity contribution is 5.61. The molecule has 13 heavy (non-hydrogen) atoms. The summed E-state index contributed by atoms with van der Waals surface area (Å²) in [5.41, 5.74) is 6.76. The Bertz CT molecular complexity index is 171. The van der Waals surface area contributed by atoms with Crippen molar-refractivity contribution in [3.63, 3.8) is 0 Å². The van der Waals surface area contributed by atoms with Crippen molar-refractivity contribution in [3.05, 3.63) is 11.8 Å². The highest BCUT2D eigenvalue weighted by Gasteiger charge is 2.09. The highest BCUT2D eigenvalue weighted by Crippen LogP contribution is 2.19. The lowest BCUT2D eigenvalue weighted by Crippen LogP contribution is -2.07. The van der Waals surface area contributed by atoms with Gasteiger partial charge in [-0.1, -0.05) is 20.8 Å². The van der Waals surface area contributed by atoms with Gasteiger partial charge in [0.1, 0.15) is 0 Å². The van der Waals surface area contributed by atoms with Crippen molar-refractivity contribution in [2.75, 3.05) is 0 Å². The van der Waals surface area contributed by atoms with Crippen LogP contribution in [0.5, 0.6) is 0 Å². The number of hydrogen-bond donors (Lipinski definition) is 2. The number of nitrogens with one attached hydrogen (secondary N) is 1. The zero-order valence-corrected chi connectivity index (χ0v) is 9.01. The van der Waals surface area contributed by atoms with Crippen LogP contribution in [-0.4, -0.2) is 6.21 Å². The monoisotopic (exact) mass is 182 g/mol. The molecule has 0 spiro atoms. The summed E-state index contributed by atoms with van der Waals surface area (Å²) in [5.74, 6) is 0.960. The van der Waals surface area contributed by atoms with Crippen LogP contribution in [0.1, 0.15) is 40.0 Å². The van der Waals surface area contributed by atoms with E-state index in [1.54, 1.807) is 6.20 Å². The molecule has 3 N–H and O–H groups in total. The molecule has 0 aromatic rings. The zero-order chi connectivity index (χ0) is 10.3. The van der Waals surface area contributed by atoms with Crippen molar-refractivity contribution in [2.24, 2.45) is 17.6 Å². The van der Waals surface area contributed by atoms with E-state index in [9.17, 15) is 0 Å². The summed E-state index contributed by atoms with van der Waals surface area (Å²) in [6.07, 6.45) is 6.35. The molecule has 0 heterocycles. The Kier molecular flexibility index (Phi) is 6.29. The van der Waals surface area contributed by atoms with Gasteiger partial charge in [-0.15, -0.1) is 0 Å². The second kappa shape index (κ2) is 6.70. The van der Waals surface area contributed by atoms with E-state index < -0.39 is 0 Å². The number of hydrogen-bond acceptors (Lipinski definition) is 2. The first-order chi connectivity index (χ1) is 6.15. The Morgan fingerprint density at radius 3 is 2.38 bits per heavy atom. The second-order valence-electron chi connectivity index (χ2n) is 3.86. The first kappa shape index (κ1) is 12.2. The Labute approximate surface area is 81.7 Å². The molecule has 1 atom stereocenters. The smallest absolute Gasteiger partial charge is 0.0159 e. The molecule has 1 unspecified atom stereocenters. The Morgan fingerprint density at radius 1 is 1.46 bits per heavy atom. The fourth-order valence-corrected chi connectivity index (χ4v) is 1.33. The Hall–Kier alpha value is -0.790. The molecule has 76 valence electrons. The Balaban J connectivity index is 4.10. The average molecular weight is 182 g/mol. The fourth-order valence-electron chi connectivity index (χ4n) is 1.33. The number of rotatable bonds is 6. The average Bonchev–Trinajstić information content (AvgIpc) is 2.11. The third kappa shape index (κ3) is 4.71. The minimum absolute atomic E-state index is 0.253. The summed E-state index contributed by atoms with van der Waals surface area (Å²) in [6, 6.07) is 0. The van der Waals surface area contributed by atoms with Gasteiger partial charge in [-0.25, -0.2) is 0 Å². The van der Waals surface area contributed by atoms with Crippen molar-refractivity contribution >= 4 is 6.21 Å². The van der Waals surface area contributed by atoms with Gasteiger partial charge in [-0.3, -0.25) is 0 Å². The van der Waals surface area contributed by atoms with Crippen LogP contribution in [0.3, 0.4) is 0 Å². The predicted molar refractivity (Wildman–Crippen MR) is 58.9 cm³/mol. The number of allylic oxidation sites excluding steroid dienone is 1. The first-order valence-electron chi connectivity index (χ1n) is 5.06. The molecular weight excluding hydrogens is 160 g/mol. The van der Waals surface area contributed by atoms with Crippen LogP contribution >= 0.6 is 0 Å². The van der Waals surface area contributed by atoms with Gasteiger partial charge in [0.15, 0.2) is 0 Å². The van der Waals surface area contributed by atoms with Crippen LogP contribution in [0.2, 0.25) is 0 Å². The van der Waals surface area contributed by atoms with Gasteiger partial charge in [0, 0.05) is 12.1 Å². The van der Waals surface area contributed by atoms with E-state index >= 15 is 0 Å². The van der Waals surface area contributed by atoms with Gasteiger partial charge in [-0.05, 0) is 37.0 Å². The molecule has 0 radical (unpaired) electrons. The van der Waals surface area contributed by atoms with Crippen molar-refractivity contribution in [3.8, 4) is 0 Å². The molecule has 0 saturated carbocycles. The van der Waals surface area contributed by atoms with Crippen LogP contribution in [0, 0.1) is 17.2 Å². The van der Waals surface area contributed by atoms with Crippen LogP contribution < -0.4 is 5.73 Å². The summed E-state index contributed by atoms with van der Waals surface area (Å²) in [6.45, 7) is 6.51. The molecule has 0 bridgehead atoms. The summed E-state index contributed by atoms with van der Waals surface area (Å²) >= 11 is 0. The van der Waals surface area contributed by atoms with E-state index in [4.69, 9.17) is 11.1 Å². The predicted octanol–water partition coefficient (Wildman–Crippen LogP) is 2.94. The van der Waals surface area contributed by atoms with Gasteiger partial charge >= 0.3 is 0 Å². The molecule has 0 aliphatic carbocycles. The summed E-state index contributed by atoms with van der Waals surface area (Å²) in [7, 11) is 0. The third-order valence-electron chi connectivity index (χ3n) is 2.34. The Morgan fingerprint density at radius 2 is 2.08 bits per heavy atom. The number of nitrogens with two attached hydrogens (primary N) is 1. The maximum atomic E-state index is 7.26. The molecule has 0 aliphatic rings. The normalized spacial score (nSPS) is 14.6. The van der Waals surface area contributed by atoms with Crippen molar-refractivity contribution in [1.82, 2.24) is 0 Å². The first-order valence-corrected chi connectivity index (χ1v) is 5.06. The third-order valence-corrected chi connectivity index (χ3v) is 2.34. The minimum atomic E-state index is 0.253. The van der Waals surface area contributed by atoms with E-state index in [1.807, 2.05) is 0 Å². The molecule has 0 rings (SSSR count). The molecule has 2 heteroatoms. The quantitative estimate of drug-likeness (QED) is 0.610. The molecule has 0 fully saturated rings. The molecule has 0 aromatic heterocycles. The lowest BCUT2D eigenvalue weighted by molar-refractivity contribution is 0.564. The maximum Gasteiger partial charge on any atom is 0.0159 e. The standard InChI is InChI=1S/C11H22N2/c1-4-10(7-12)11(8-13)6-5-9(2)3/h7-10,12H,4-6,13H2,1-3H3/b11-8-,12-7?. The second-order valence-corrected chi connectivity index (χ2v) is 3.86. The van der Waals surface area contributed by atoms with Gasteiger partial charge < -0.3 is 11.1 Å². The van der Waals surface area contributed by atoms with Gasteiger partial charge in [0.2, 0.25) is 0 Å². The van der Waals surface area contributed by atoms with Crippen LogP contribution in [-0.2, 0) is 0 Å².